The van der Waals surface area contributed by atoms with Crippen LogP contribution in [0.25, 0.3) is 16.8 Å². The SMILES string of the molecule is C=CCCCCC[C@H](NC(=O)OCCC(C)(C)CC=C)C(=O)N1C[C@](OC)(c2ccc3cc(OC)c(C=C)cc3c2)C[C@H]1C(=O)NC1(C(=O)O)CC1C=C. The normalized spacial score (nSPS) is 22.5. The third-order valence-electron chi connectivity index (χ3n) is 11.0. The summed E-state index contributed by atoms with van der Waals surface area (Å²) in [6, 6.07) is 7.52. The van der Waals surface area contributed by atoms with Crippen molar-refractivity contribution >= 4 is 40.7 Å². The lowest BCUT2D eigenvalue weighted by molar-refractivity contribution is -0.145. The third-order valence-corrected chi connectivity index (χ3v) is 11.0. The summed E-state index contributed by atoms with van der Waals surface area (Å²) in [5.74, 6) is -2.06. The Morgan fingerprint density at radius 2 is 1.78 bits per heavy atom. The standard InChI is InChI=1S/C43H57N3O8/c1-9-13-14-15-16-17-34(44-40(51)54-22-21-41(5,6)20-10-2)38(48)46-28-42(53-8,27-35(46)37(47)45-43(39(49)50)26-32(43)12-4)33-19-18-30-25-36(52-7)29(11-3)23-31(30)24-33/h9-12,18-19,23-25,32,34-35H,1-4,13-17,20-22,26-28H2,5-8H3,(H,44,51)(H,45,47)(H,49,50)/t32?,34-,35-,42-,43?/m0/s1. The topological polar surface area (TPSA) is 144 Å². The Balaban J connectivity index is 1.70. The molecule has 0 radical (unpaired) electrons. The molecule has 1 saturated carbocycles. The molecule has 2 fully saturated rings. The van der Waals surface area contributed by atoms with Crippen molar-refractivity contribution in [1.29, 1.82) is 0 Å². The van der Waals surface area contributed by atoms with Crippen LogP contribution in [-0.2, 0) is 29.5 Å². The van der Waals surface area contributed by atoms with Gasteiger partial charge in [0.15, 0.2) is 0 Å². The Kier molecular flexibility index (Phi) is 13.9. The van der Waals surface area contributed by atoms with Crippen molar-refractivity contribution in [2.75, 3.05) is 27.4 Å². The van der Waals surface area contributed by atoms with E-state index in [0.29, 0.717) is 25.0 Å². The molecule has 3 amide bonds. The summed E-state index contributed by atoms with van der Waals surface area (Å²) >= 11 is 0. The second kappa shape index (κ2) is 18.0. The highest BCUT2D eigenvalue weighted by Crippen LogP contribution is 2.46. The van der Waals surface area contributed by atoms with Crippen LogP contribution in [0.15, 0.2) is 74.9 Å². The van der Waals surface area contributed by atoms with E-state index in [4.69, 9.17) is 14.2 Å². The number of aliphatic carboxylic acids is 1. The number of nitrogens with one attached hydrogen (secondary N) is 2. The molecule has 3 N–H and O–H groups in total. The number of alkyl carbamates (subject to hydrolysis) is 1. The van der Waals surface area contributed by atoms with Crippen molar-refractivity contribution < 1.29 is 38.5 Å². The van der Waals surface area contributed by atoms with E-state index in [2.05, 4.69) is 50.8 Å². The summed E-state index contributed by atoms with van der Waals surface area (Å²) < 4.78 is 17.3. The first-order valence-corrected chi connectivity index (χ1v) is 18.7. The molecule has 2 aliphatic rings. The Bertz CT molecular complexity index is 1750. The molecule has 0 spiro atoms. The van der Waals surface area contributed by atoms with Gasteiger partial charge in [0.05, 0.1) is 20.3 Å². The van der Waals surface area contributed by atoms with E-state index in [9.17, 15) is 24.3 Å². The minimum Gasteiger partial charge on any atom is -0.496 e. The number of carboxylic acids is 1. The maximum absolute atomic E-state index is 14.7. The van der Waals surface area contributed by atoms with Crippen LogP contribution in [0, 0.1) is 11.3 Å². The number of carboxylic acid groups (broad SMARTS) is 1. The molecule has 54 heavy (non-hydrogen) atoms. The van der Waals surface area contributed by atoms with Crippen LogP contribution < -0.4 is 15.4 Å². The summed E-state index contributed by atoms with van der Waals surface area (Å²) in [4.78, 5) is 56.0. The number of carbonyl (C=O) groups is 4. The number of ether oxygens (including phenoxy) is 3. The van der Waals surface area contributed by atoms with Crippen molar-refractivity contribution in [1.82, 2.24) is 15.5 Å². The molecule has 1 saturated heterocycles. The van der Waals surface area contributed by atoms with E-state index in [0.717, 1.165) is 47.6 Å². The molecular weight excluding hydrogens is 686 g/mol. The quantitative estimate of drug-likeness (QED) is 0.0893. The minimum absolute atomic E-state index is 0.0270. The molecule has 2 aromatic carbocycles. The van der Waals surface area contributed by atoms with Crippen LogP contribution in [0.1, 0.15) is 82.8 Å². The van der Waals surface area contributed by atoms with Gasteiger partial charge in [-0.25, -0.2) is 9.59 Å². The molecule has 2 unspecified atom stereocenters. The largest absolute Gasteiger partial charge is 0.496 e. The molecule has 0 bridgehead atoms. The van der Waals surface area contributed by atoms with Gasteiger partial charge in [0.1, 0.15) is 29.0 Å². The average molecular weight is 744 g/mol. The lowest BCUT2D eigenvalue weighted by Gasteiger charge is -2.31. The van der Waals surface area contributed by atoms with E-state index < -0.39 is 53.0 Å². The lowest BCUT2D eigenvalue weighted by Crippen LogP contribution is -2.56. The van der Waals surface area contributed by atoms with Gasteiger partial charge in [0.2, 0.25) is 11.8 Å². The molecule has 292 valence electrons. The Morgan fingerprint density at radius 3 is 2.39 bits per heavy atom. The predicted molar refractivity (Wildman–Crippen MR) is 211 cm³/mol. The Hall–Kier alpha value is -4.90. The van der Waals surface area contributed by atoms with Gasteiger partial charge in [-0.2, -0.15) is 0 Å². The summed E-state index contributed by atoms with van der Waals surface area (Å²) in [5.41, 5.74) is -1.26. The molecule has 1 aliphatic heterocycles. The molecule has 11 heteroatoms. The lowest BCUT2D eigenvalue weighted by atomic mass is 9.86. The van der Waals surface area contributed by atoms with E-state index in [1.807, 2.05) is 42.5 Å². The number of amides is 3. The molecule has 1 heterocycles. The first-order valence-electron chi connectivity index (χ1n) is 18.7. The number of likely N-dealkylation sites (tertiary alicyclic amines) is 1. The molecule has 11 nitrogen and oxygen atoms in total. The monoisotopic (exact) mass is 743 g/mol. The number of carbonyl (C=O) groups excluding carboxylic acids is 3. The fourth-order valence-corrected chi connectivity index (χ4v) is 7.41. The van der Waals surface area contributed by atoms with Gasteiger partial charge in [-0.1, -0.05) is 69.7 Å². The number of hydrogen-bond acceptors (Lipinski definition) is 7. The number of hydrogen-bond donors (Lipinski definition) is 3. The minimum atomic E-state index is -1.51. The van der Waals surface area contributed by atoms with E-state index in [1.165, 1.54) is 18.1 Å². The molecule has 4 rings (SSSR count). The highest BCUT2D eigenvalue weighted by atomic mass is 16.5. The number of allylic oxidation sites excluding steroid dienone is 2. The zero-order valence-electron chi connectivity index (χ0n) is 32.3. The molecule has 0 aromatic heterocycles. The van der Waals surface area contributed by atoms with E-state index in [1.54, 1.807) is 13.2 Å². The second-order valence-electron chi connectivity index (χ2n) is 15.2. The van der Waals surface area contributed by atoms with Gasteiger partial charge in [-0.3, -0.25) is 9.59 Å². The van der Waals surface area contributed by atoms with Crippen molar-refractivity contribution in [3.05, 3.63) is 86.0 Å². The van der Waals surface area contributed by atoms with Gasteiger partial charge < -0.3 is 34.9 Å². The molecule has 1 aliphatic carbocycles. The predicted octanol–water partition coefficient (Wildman–Crippen LogP) is 7.30. The van der Waals surface area contributed by atoms with Crippen LogP contribution in [0.5, 0.6) is 5.75 Å². The van der Waals surface area contributed by atoms with Crippen LogP contribution in [0.3, 0.4) is 0 Å². The van der Waals surface area contributed by atoms with E-state index >= 15 is 0 Å². The maximum Gasteiger partial charge on any atom is 0.407 e. The number of benzene rings is 2. The van der Waals surface area contributed by atoms with Crippen LogP contribution >= 0.6 is 0 Å². The highest BCUT2D eigenvalue weighted by Gasteiger charge is 2.62. The number of methoxy groups -OCH3 is 2. The number of fused-ring (bicyclic) bond motifs is 1. The van der Waals surface area contributed by atoms with Crippen LogP contribution in [0.2, 0.25) is 0 Å². The number of rotatable bonds is 21. The van der Waals surface area contributed by atoms with Gasteiger partial charge in [-0.05, 0) is 78.5 Å². The summed E-state index contributed by atoms with van der Waals surface area (Å²) in [6.45, 7) is 19.5. The van der Waals surface area contributed by atoms with Crippen molar-refractivity contribution in [2.24, 2.45) is 11.3 Å². The van der Waals surface area contributed by atoms with Crippen LogP contribution in [0.4, 0.5) is 4.79 Å². The van der Waals surface area contributed by atoms with Gasteiger partial charge >= 0.3 is 12.1 Å². The number of nitrogens with zero attached hydrogens (tertiary/aromatic N) is 1. The average Bonchev–Trinajstić information content (AvgIpc) is 3.72. The fraction of sp³-hybridized carbons (Fsp3) is 0.488. The summed E-state index contributed by atoms with van der Waals surface area (Å²) in [6.07, 6.45) is 11.2. The maximum atomic E-state index is 14.7. The smallest absolute Gasteiger partial charge is 0.407 e. The fourth-order valence-electron chi connectivity index (χ4n) is 7.41. The van der Waals surface area contributed by atoms with Gasteiger partial charge in [0, 0.05) is 25.0 Å². The molecule has 2 aromatic rings. The summed E-state index contributed by atoms with van der Waals surface area (Å²) in [7, 11) is 3.13. The first-order chi connectivity index (χ1) is 25.7. The zero-order valence-corrected chi connectivity index (χ0v) is 32.3. The second-order valence-corrected chi connectivity index (χ2v) is 15.2. The molecule has 5 atom stereocenters. The Labute approximate surface area is 319 Å². The van der Waals surface area contributed by atoms with Crippen LogP contribution in [-0.4, -0.2) is 78.9 Å². The number of unbranched alkanes of at least 4 members (excludes halogenated alkanes) is 3. The van der Waals surface area contributed by atoms with Gasteiger partial charge in [-0.15, -0.1) is 19.7 Å². The zero-order chi connectivity index (χ0) is 39.7. The van der Waals surface area contributed by atoms with Gasteiger partial charge in [0.25, 0.3) is 0 Å². The highest BCUT2D eigenvalue weighted by molar-refractivity contribution is 5.96. The molecular formula is C43H57N3O8. The Morgan fingerprint density at radius 1 is 1.02 bits per heavy atom. The summed E-state index contributed by atoms with van der Waals surface area (Å²) in [5, 5.41) is 17.5. The van der Waals surface area contributed by atoms with Crippen molar-refractivity contribution in [3.8, 4) is 5.75 Å². The first kappa shape index (κ1) is 41.9. The third kappa shape index (κ3) is 9.42. The van der Waals surface area contributed by atoms with Crippen molar-refractivity contribution in [3.63, 3.8) is 0 Å². The van der Waals surface area contributed by atoms with E-state index in [-0.39, 0.29) is 31.4 Å². The van der Waals surface area contributed by atoms with Crippen molar-refractivity contribution in [2.45, 2.75) is 94.9 Å².